The number of nitriles is 1. The SMILES string of the molecule is N#Cc1cc(N)ccc1S(=O)(=O)Nc1ccnc(Cl)c1. The smallest absolute Gasteiger partial charge is 0.263 e. The third-order valence-corrected chi connectivity index (χ3v) is 4.04. The van der Waals surface area contributed by atoms with Gasteiger partial charge in [-0.25, -0.2) is 13.4 Å². The Balaban J connectivity index is 2.44. The van der Waals surface area contributed by atoms with Crippen LogP contribution in [0.1, 0.15) is 5.56 Å². The topological polar surface area (TPSA) is 109 Å². The Morgan fingerprint density at radius 3 is 2.70 bits per heavy atom. The molecule has 0 spiro atoms. The molecule has 1 heterocycles. The van der Waals surface area contributed by atoms with E-state index in [2.05, 4.69) is 9.71 Å². The summed E-state index contributed by atoms with van der Waals surface area (Å²) in [7, 11) is -3.90. The normalized spacial score (nSPS) is 10.8. The van der Waals surface area contributed by atoms with E-state index in [4.69, 9.17) is 22.6 Å². The number of rotatable bonds is 3. The number of benzene rings is 1. The van der Waals surface area contributed by atoms with Crippen molar-refractivity contribution < 1.29 is 8.42 Å². The molecule has 0 saturated heterocycles. The summed E-state index contributed by atoms with van der Waals surface area (Å²) in [5.41, 5.74) is 6.06. The molecule has 6 nitrogen and oxygen atoms in total. The monoisotopic (exact) mass is 308 g/mol. The molecule has 0 aliphatic rings. The van der Waals surface area contributed by atoms with Crippen LogP contribution in [0.4, 0.5) is 11.4 Å². The Hall–Kier alpha value is -2.30. The fraction of sp³-hybridized carbons (Fsp3) is 0. The summed E-state index contributed by atoms with van der Waals surface area (Å²) < 4.78 is 26.8. The van der Waals surface area contributed by atoms with Gasteiger partial charge in [-0.2, -0.15) is 5.26 Å². The van der Waals surface area contributed by atoms with E-state index in [0.29, 0.717) is 5.69 Å². The van der Waals surface area contributed by atoms with Gasteiger partial charge >= 0.3 is 0 Å². The zero-order valence-electron chi connectivity index (χ0n) is 10.0. The predicted octanol–water partition coefficient (Wildman–Crippen LogP) is 1.99. The standard InChI is InChI=1S/C12H9ClN4O2S/c13-12-6-10(3-4-16-12)17-20(18,19)11-2-1-9(15)5-8(11)7-14/h1-6H,15H2,(H,16,17). The first kappa shape index (κ1) is 14.1. The molecule has 0 saturated carbocycles. The highest BCUT2D eigenvalue weighted by Crippen LogP contribution is 2.22. The van der Waals surface area contributed by atoms with Gasteiger partial charge in [0.2, 0.25) is 0 Å². The second-order valence-electron chi connectivity index (χ2n) is 3.84. The number of sulfonamides is 1. The number of anilines is 2. The van der Waals surface area contributed by atoms with Crippen LogP contribution in [-0.2, 0) is 10.0 Å². The molecule has 0 aliphatic heterocycles. The molecule has 1 aromatic carbocycles. The lowest BCUT2D eigenvalue weighted by atomic mass is 10.2. The molecule has 2 rings (SSSR count). The molecule has 0 atom stereocenters. The van der Waals surface area contributed by atoms with Crippen LogP contribution in [0.3, 0.4) is 0 Å². The van der Waals surface area contributed by atoms with Crippen molar-refractivity contribution in [1.82, 2.24) is 4.98 Å². The maximum atomic E-state index is 12.2. The van der Waals surface area contributed by atoms with E-state index in [1.807, 2.05) is 0 Å². The van der Waals surface area contributed by atoms with Crippen molar-refractivity contribution in [2.45, 2.75) is 4.90 Å². The van der Waals surface area contributed by atoms with Gasteiger partial charge in [0.05, 0.1) is 11.3 Å². The zero-order valence-corrected chi connectivity index (χ0v) is 11.6. The van der Waals surface area contributed by atoms with Gasteiger partial charge in [0, 0.05) is 11.9 Å². The number of hydrogen-bond acceptors (Lipinski definition) is 5. The fourth-order valence-corrected chi connectivity index (χ4v) is 2.91. The van der Waals surface area contributed by atoms with Crippen molar-refractivity contribution >= 4 is 33.0 Å². The van der Waals surface area contributed by atoms with Crippen molar-refractivity contribution in [3.8, 4) is 6.07 Å². The van der Waals surface area contributed by atoms with Crippen molar-refractivity contribution in [2.24, 2.45) is 0 Å². The first-order chi connectivity index (χ1) is 9.42. The van der Waals surface area contributed by atoms with Crippen molar-refractivity contribution in [3.05, 3.63) is 47.2 Å². The molecule has 102 valence electrons. The van der Waals surface area contributed by atoms with E-state index in [0.717, 1.165) is 0 Å². The number of nitrogens with two attached hydrogens (primary N) is 1. The zero-order chi connectivity index (χ0) is 14.8. The largest absolute Gasteiger partial charge is 0.399 e. The molecule has 20 heavy (non-hydrogen) atoms. The van der Waals surface area contributed by atoms with Crippen LogP contribution in [0.25, 0.3) is 0 Å². The highest BCUT2D eigenvalue weighted by Gasteiger charge is 2.19. The average Bonchev–Trinajstić information content (AvgIpc) is 2.37. The molecule has 0 bridgehead atoms. The lowest BCUT2D eigenvalue weighted by Gasteiger charge is -2.09. The van der Waals surface area contributed by atoms with Gasteiger partial charge in [0.15, 0.2) is 0 Å². The molecular formula is C12H9ClN4O2S. The van der Waals surface area contributed by atoms with E-state index < -0.39 is 10.0 Å². The van der Waals surface area contributed by atoms with Crippen LogP contribution < -0.4 is 10.5 Å². The minimum Gasteiger partial charge on any atom is -0.399 e. The van der Waals surface area contributed by atoms with Crippen molar-refractivity contribution in [1.29, 1.82) is 5.26 Å². The van der Waals surface area contributed by atoms with E-state index >= 15 is 0 Å². The number of nitrogen functional groups attached to an aromatic ring is 1. The summed E-state index contributed by atoms with van der Waals surface area (Å²) in [5.74, 6) is 0. The molecule has 0 unspecified atom stereocenters. The summed E-state index contributed by atoms with van der Waals surface area (Å²) in [6.45, 7) is 0. The number of pyridine rings is 1. The molecule has 2 aromatic rings. The van der Waals surface area contributed by atoms with E-state index in [1.165, 1.54) is 36.5 Å². The first-order valence-corrected chi connectivity index (χ1v) is 7.22. The van der Waals surface area contributed by atoms with Gasteiger partial charge in [0.1, 0.15) is 16.1 Å². The van der Waals surface area contributed by atoms with Gasteiger partial charge < -0.3 is 5.73 Å². The minimum absolute atomic E-state index is 0.0300. The molecule has 0 aliphatic carbocycles. The van der Waals surface area contributed by atoms with Gasteiger partial charge in [-0.1, -0.05) is 11.6 Å². The molecule has 1 aromatic heterocycles. The van der Waals surface area contributed by atoms with E-state index in [1.54, 1.807) is 6.07 Å². The Labute approximate surface area is 120 Å². The number of hydrogen-bond donors (Lipinski definition) is 2. The summed E-state index contributed by atoms with van der Waals surface area (Å²) >= 11 is 5.68. The third kappa shape index (κ3) is 2.99. The average molecular weight is 309 g/mol. The quantitative estimate of drug-likeness (QED) is 0.665. The molecule has 3 N–H and O–H groups in total. The van der Waals surface area contributed by atoms with Crippen LogP contribution in [-0.4, -0.2) is 13.4 Å². The number of halogens is 1. The number of aromatic nitrogens is 1. The fourth-order valence-electron chi connectivity index (χ4n) is 1.55. The van der Waals surface area contributed by atoms with Crippen LogP contribution in [0.2, 0.25) is 5.15 Å². The van der Waals surface area contributed by atoms with Gasteiger partial charge in [0.25, 0.3) is 10.0 Å². The maximum Gasteiger partial charge on any atom is 0.263 e. The Morgan fingerprint density at radius 2 is 2.05 bits per heavy atom. The molecule has 0 radical (unpaired) electrons. The maximum absolute atomic E-state index is 12.2. The summed E-state index contributed by atoms with van der Waals surface area (Å²) in [6, 6.07) is 8.60. The third-order valence-electron chi connectivity index (χ3n) is 2.39. The van der Waals surface area contributed by atoms with E-state index in [9.17, 15) is 8.42 Å². The van der Waals surface area contributed by atoms with Crippen LogP contribution in [0.15, 0.2) is 41.4 Å². The number of nitrogens with one attached hydrogen (secondary N) is 1. The van der Waals surface area contributed by atoms with Crippen LogP contribution in [0.5, 0.6) is 0 Å². The Morgan fingerprint density at radius 1 is 1.30 bits per heavy atom. The van der Waals surface area contributed by atoms with Crippen LogP contribution >= 0.6 is 11.6 Å². The van der Waals surface area contributed by atoms with E-state index in [-0.39, 0.29) is 21.3 Å². The summed E-state index contributed by atoms with van der Waals surface area (Å²) in [4.78, 5) is 3.60. The van der Waals surface area contributed by atoms with Crippen LogP contribution in [0, 0.1) is 11.3 Å². The highest BCUT2D eigenvalue weighted by molar-refractivity contribution is 7.92. The molecule has 8 heteroatoms. The van der Waals surface area contributed by atoms with Gasteiger partial charge in [-0.3, -0.25) is 4.72 Å². The summed E-state index contributed by atoms with van der Waals surface area (Å²) in [5, 5.41) is 9.14. The van der Waals surface area contributed by atoms with Crippen molar-refractivity contribution in [3.63, 3.8) is 0 Å². The number of nitrogens with zero attached hydrogens (tertiary/aromatic N) is 2. The predicted molar refractivity (Wildman–Crippen MR) is 75.6 cm³/mol. The lowest BCUT2D eigenvalue weighted by molar-refractivity contribution is 0.601. The highest BCUT2D eigenvalue weighted by atomic mass is 35.5. The molecule has 0 amide bonds. The second kappa shape index (κ2) is 5.36. The minimum atomic E-state index is -3.90. The molecular weight excluding hydrogens is 300 g/mol. The Bertz CT molecular complexity index is 799. The lowest BCUT2D eigenvalue weighted by Crippen LogP contribution is -2.14. The van der Waals surface area contributed by atoms with Crippen molar-refractivity contribution in [2.75, 3.05) is 10.5 Å². The van der Waals surface area contributed by atoms with Gasteiger partial charge in [-0.15, -0.1) is 0 Å². The Kier molecular flexibility index (Phi) is 3.79. The van der Waals surface area contributed by atoms with Gasteiger partial charge in [-0.05, 0) is 30.3 Å². The molecule has 0 fully saturated rings. The first-order valence-electron chi connectivity index (χ1n) is 5.36. The summed E-state index contributed by atoms with van der Waals surface area (Å²) in [6.07, 6.45) is 1.37. The second-order valence-corrected chi connectivity index (χ2v) is 5.88.